The highest BCUT2D eigenvalue weighted by atomic mass is 16.3. The maximum atomic E-state index is 9.77. The van der Waals surface area contributed by atoms with Gasteiger partial charge in [0, 0.05) is 18.2 Å². The van der Waals surface area contributed by atoms with E-state index in [2.05, 4.69) is 18.3 Å². The fourth-order valence-electron chi connectivity index (χ4n) is 2.14. The molecule has 1 aliphatic carbocycles. The normalized spacial score (nSPS) is 19.8. The van der Waals surface area contributed by atoms with E-state index in [1.54, 1.807) is 0 Å². The maximum absolute atomic E-state index is 9.77. The predicted octanol–water partition coefficient (Wildman–Crippen LogP) is 2.32. The Morgan fingerprint density at radius 2 is 2.19 bits per heavy atom. The number of hydrogen-bond acceptors (Lipinski definition) is 3. The second kappa shape index (κ2) is 4.60. The quantitative estimate of drug-likeness (QED) is 0.805. The Bertz CT molecular complexity index is 355. The number of nitrogens with one attached hydrogen (secondary N) is 1. The second-order valence-electron chi connectivity index (χ2n) is 4.90. The van der Waals surface area contributed by atoms with Gasteiger partial charge in [-0.3, -0.25) is 0 Å². The predicted molar refractivity (Wildman–Crippen MR) is 63.3 cm³/mol. The van der Waals surface area contributed by atoms with Crippen molar-refractivity contribution < 1.29 is 9.52 Å². The van der Waals surface area contributed by atoms with E-state index >= 15 is 0 Å². The highest BCUT2D eigenvalue weighted by Crippen LogP contribution is 2.32. The van der Waals surface area contributed by atoms with Crippen LogP contribution in [0.3, 0.4) is 0 Å². The smallest absolute Gasteiger partial charge is 0.105 e. The molecule has 2 unspecified atom stereocenters. The minimum atomic E-state index is -0.184. The first kappa shape index (κ1) is 11.7. The Balaban J connectivity index is 1.87. The molecule has 2 rings (SSSR count). The van der Waals surface area contributed by atoms with Crippen LogP contribution in [0.1, 0.15) is 42.9 Å². The van der Waals surface area contributed by atoms with Crippen molar-refractivity contribution in [3.63, 3.8) is 0 Å². The van der Waals surface area contributed by atoms with Crippen LogP contribution < -0.4 is 5.32 Å². The van der Waals surface area contributed by atoms with Crippen molar-refractivity contribution in [2.75, 3.05) is 6.54 Å². The molecule has 16 heavy (non-hydrogen) atoms. The molecule has 0 saturated heterocycles. The zero-order valence-electron chi connectivity index (χ0n) is 10.3. The Labute approximate surface area is 96.8 Å². The third-order valence-corrected chi connectivity index (χ3v) is 3.35. The topological polar surface area (TPSA) is 45.4 Å². The Kier molecular flexibility index (Phi) is 3.36. The van der Waals surface area contributed by atoms with Gasteiger partial charge in [0.1, 0.15) is 11.5 Å². The lowest BCUT2D eigenvalue weighted by atomic mass is 10.1. The van der Waals surface area contributed by atoms with Crippen LogP contribution in [0.15, 0.2) is 10.5 Å². The monoisotopic (exact) mass is 223 g/mol. The molecular formula is C13H21NO2. The molecule has 90 valence electrons. The van der Waals surface area contributed by atoms with Crippen molar-refractivity contribution in [1.29, 1.82) is 0 Å². The lowest BCUT2D eigenvalue weighted by Crippen LogP contribution is -2.30. The Morgan fingerprint density at radius 1 is 1.50 bits per heavy atom. The number of aliphatic hydroxyl groups excluding tert-OH is 1. The third kappa shape index (κ3) is 2.66. The molecule has 3 nitrogen and oxygen atoms in total. The van der Waals surface area contributed by atoms with Crippen LogP contribution in [-0.2, 0) is 0 Å². The Hall–Kier alpha value is -0.800. The summed E-state index contributed by atoms with van der Waals surface area (Å²) in [6, 6.07) is 2.31. The molecule has 0 bridgehead atoms. The van der Waals surface area contributed by atoms with E-state index < -0.39 is 0 Å². The molecule has 1 saturated carbocycles. The number of aryl methyl sites for hydroxylation is 2. The number of hydrogen-bond donors (Lipinski definition) is 2. The SMILES string of the molecule is Cc1cc(C(C)NCC(O)C2CC2)c(C)o1. The van der Waals surface area contributed by atoms with Gasteiger partial charge in [-0.25, -0.2) is 0 Å². The standard InChI is InChI=1S/C13H21NO2/c1-8-6-12(10(3)16-8)9(2)14-7-13(15)11-4-5-11/h6,9,11,13-15H,4-5,7H2,1-3H3. The van der Waals surface area contributed by atoms with E-state index in [9.17, 15) is 5.11 Å². The highest BCUT2D eigenvalue weighted by molar-refractivity contribution is 5.23. The van der Waals surface area contributed by atoms with E-state index in [1.807, 2.05) is 13.8 Å². The van der Waals surface area contributed by atoms with Crippen LogP contribution in [0, 0.1) is 19.8 Å². The minimum Gasteiger partial charge on any atom is -0.466 e. The second-order valence-corrected chi connectivity index (χ2v) is 4.90. The summed E-state index contributed by atoms with van der Waals surface area (Å²) in [6.07, 6.45) is 2.18. The molecule has 0 aliphatic heterocycles. The van der Waals surface area contributed by atoms with Gasteiger partial charge in [0.2, 0.25) is 0 Å². The minimum absolute atomic E-state index is 0.184. The number of rotatable bonds is 5. The molecule has 2 N–H and O–H groups in total. The van der Waals surface area contributed by atoms with Crippen molar-refractivity contribution in [3.8, 4) is 0 Å². The highest BCUT2D eigenvalue weighted by Gasteiger charge is 2.29. The molecule has 0 radical (unpaired) electrons. The average molecular weight is 223 g/mol. The Morgan fingerprint density at radius 3 is 2.69 bits per heavy atom. The van der Waals surface area contributed by atoms with E-state index in [0.29, 0.717) is 12.5 Å². The van der Waals surface area contributed by atoms with Crippen molar-refractivity contribution in [2.24, 2.45) is 5.92 Å². The maximum Gasteiger partial charge on any atom is 0.105 e. The van der Waals surface area contributed by atoms with Crippen LogP contribution in [0.4, 0.5) is 0 Å². The summed E-state index contributed by atoms with van der Waals surface area (Å²) in [5.41, 5.74) is 1.19. The van der Waals surface area contributed by atoms with Crippen molar-refractivity contribution in [2.45, 2.75) is 45.8 Å². The average Bonchev–Trinajstić information content (AvgIpc) is 3.01. The number of aliphatic hydroxyl groups is 1. The molecule has 1 aromatic rings. The summed E-state index contributed by atoms with van der Waals surface area (Å²) in [6.45, 7) is 6.73. The fraction of sp³-hybridized carbons (Fsp3) is 0.692. The first-order valence-electron chi connectivity index (χ1n) is 6.06. The number of furan rings is 1. The molecule has 1 aromatic heterocycles. The molecule has 3 heteroatoms. The van der Waals surface area contributed by atoms with Gasteiger partial charge in [-0.15, -0.1) is 0 Å². The third-order valence-electron chi connectivity index (χ3n) is 3.35. The van der Waals surface area contributed by atoms with E-state index in [1.165, 1.54) is 18.4 Å². The van der Waals surface area contributed by atoms with Crippen molar-refractivity contribution >= 4 is 0 Å². The zero-order valence-corrected chi connectivity index (χ0v) is 10.3. The lowest BCUT2D eigenvalue weighted by molar-refractivity contribution is 0.145. The molecule has 2 atom stereocenters. The van der Waals surface area contributed by atoms with Crippen molar-refractivity contribution in [3.05, 3.63) is 23.2 Å². The first-order chi connectivity index (χ1) is 7.58. The lowest BCUT2D eigenvalue weighted by Gasteiger charge is -2.16. The van der Waals surface area contributed by atoms with Gasteiger partial charge in [-0.2, -0.15) is 0 Å². The van der Waals surface area contributed by atoms with E-state index in [4.69, 9.17) is 4.42 Å². The largest absolute Gasteiger partial charge is 0.466 e. The molecule has 0 aromatic carbocycles. The molecule has 0 amide bonds. The van der Waals surface area contributed by atoms with E-state index in [-0.39, 0.29) is 12.1 Å². The zero-order chi connectivity index (χ0) is 11.7. The fourth-order valence-corrected chi connectivity index (χ4v) is 2.14. The summed E-state index contributed by atoms with van der Waals surface area (Å²) in [7, 11) is 0. The molecule has 1 heterocycles. The molecule has 0 spiro atoms. The van der Waals surface area contributed by atoms with Crippen molar-refractivity contribution in [1.82, 2.24) is 5.32 Å². The summed E-state index contributed by atoms with van der Waals surface area (Å²) in [5, 5.41) is 13.1. The molecule has 1 fully saturated rings. The van der Waals surface area contributed by atoms with Gasteiger partial charge in [0.25, 0.3) is 0 Å². The van der Waals surface area contributed by atoms with Gasteiger partial charge in [-0.1, -0.05) is 0 Å². The summed E-state index contributed by atoms with van der Waals surface area (Å²) in [5.74, 6) is 2.45. The van der Waals surface area contributed by atoms with E-state index in [0.717, 1.165) is 11.5 Å². The van der Waals surface area contributed by atoms with Crippen LogP contribution in [0.25, 0.3) is 0 Å². The summed E-state index contributed by atoms with van der Waals surface area (Å²) in [4.78, 5) is 0. The van der Waals surface area contributed by atoms with Crippen LogP contribution >= 0.6 is 0 Å². The van der Waals surface area contributed by atoms with Crippen LogP contribution in [0.5, 0.6) is 0 Å². The van der Waals surface area contributed by atoms with Gasteiger partial charge in [-0.05, 0) is 45.6 Å². The van der Waals surface area contributed by atoms with Gasteiger partial charge >= 0.3 is 0 Å². The van der Waals surface area contributed by atoms with Gasteiger partial charge < -0.3 is 14.8 Å². The molecule has 1 aliphatic rings. The molecular weight excluding hydrogens is 202 g/mol. The summed E-state index contributed by atoms with van der Waals surface area (Å²) < 4.78 is 5.50. The summed E-state index contributed by atoms with van der Waals surface area (Å²) >= 11 is 0. The van der Waals surface area contributed by atoms with Gasteiger partial charge in [0.15, 0.2) is 0 Å². The van der Waals surface area contributed by atoms with Crippen LogP contribution in [0.2, 0.25) is 0 Å². The van der Waals surface area contributed by atoms with Gasteiger partial charge in [0.05, 0.1) is 6.10 Å². The van der Waals surface area contributed by atoms with Crippen LogP contribution in [-0.4, -0.2) is 17.8 Å². The first-order valence-corrected chi connectivity index (χ1v) is 6.06.